The summed E-state index contributed by atoms with van der Waals surface area (Å²) in [4.78, 5) is 13.1. The molecule has 4 heteroatoms. The van der Waals surface area contributed by atoms with Gasteiger partial charge in [0.15, 0.2) is 11.6 Å². The zero-order chi connectivity index (χ0) is 14.5. The van der Waals surface area contributed by atoms with E-state index in [0.29, 0.717) is 11.6 Å². The molecule has 0 fully saturated rings. The van der Waals surface area contributed by atoms with Crippen molar-refractivity contribution in [1.82, 2.24) is 15.0 Å². The minimum atomic E-state index is 0.250. The van der Waals surface area contributed by atoms with Gasteiger partial charge < -0.3 is 5.73 Å². The van der Waals surface area contributed by atoms with Crippen LogP contribution >= 0.6 is 0 Å². The molecule has 0 amide bonds. The number of anilines is 1. The van der Waals surface area contributed by atoms with Crippen LogP contribution in [0.15, 0.2) is 60.8 Å². The molecule has 4 nitrogen and oxygen atoms in total. The summed E-state index contributed by atoms with van der Waals surface area (Å²) in [6.07, 6.45) is 21.9. The van der Waals surface area contributed by atoms with Gasteiger partial charge in [0.2, 0.25) is 5.95 Å². The van der Waals surface area contributed by atoms with Crippen molar-refractivity contribution in [1.29, 1.82) is 0 Å². The van der Waals surface area contributed by atoms with Crippen LogP contribution in [0.1, 0.15) is 24.5 Å². The Labute approximate surface area is 123 Å². The predicted octanol–water partition coefficient (Wildman–Crippen LogP) is 3.25. The van der Waals surface area contributed by atoms with Gasteiger partial charge in [0.1, 0.15) is 0 Å². The molecular weight excluding hydrogens is 260 g/mol. The third-order valence-corrected chi connectivity index (χ3v) is 3.19. The quantitative estimate of drug-likeness (QED) is 0.900. The van der Waals surface area contributed by atoms with Gasteiger partial charge in [-0.1, -0.05) is 60.8 Å². The van der Waals surface area contributed by atoms with Gasteiger partial charge in [-0.2, -0.15) is 9.97 Å². The second-order valence-electron chi connectivity index (χ2n) is 4.73. The smallest absolute Gasteiger partial charge is 0.224 e. The van der Waals surface area contributed by atoms with E-state index in [0.717, 1.165) is 24.0 Å². The molecule has 21 heavy (non-hydrogen) atoms. The number of aromatic nitrogens is 3. The van der Waals surface area contributed by atoms with Crippen LogP contribution in [0.5, 0.6) is 0 Å². The Morgan fingerprint density at radius 1 is 0.857 bits per heavy atom. The number of rotatable bonds is 2. The third kappa shape index (κ3) is 3.23. The third-order valence-electron chi connectivity index (χ3n) is 3.19. The molecule has 0 unspecified atom stereocenters. The minimum Gasteiger partial charge on any atom is -0.368 e. The van der Waals surface area contributed by atoms with E-state index in [1.54, 1.807) is 0 Å². The van der Waals surface area contributed by atoms with E-state index in [-0.39, 0.29) is 5.95 Å². The number of hydrogen-bond acceptors (Lipinski definition) is 4. The molecule has 1 aromatic heterocycles. The fourth-order valence-corrected chi connectivity index (χ4v) is 2.15. The molecule has 0 aromatic carbocycles. The van der Waals surface area contributed by atoms with Crippen LogP contribution in [-0.4, -0.2) is 15.0 Å². The number of nitrogen functional groups attached to an aromatic ring is 1. The Kier molecular flexibility index (Phi) is 3.87. The second kappa shape index (κ2) is 6.13. The minimum absolute atomic E-state index is 0.250. The highest BCUT2D eigenvalue weighted by atomic mass is 15.1. The summed E-state index contributed by atoms with van der Waals surface area (Å²) in [6.45, 7) is 0. The highest BCUT2D eigenvalue weighted by Crippen LogP contribution is 2.21. The lowest BCUT2D eigenvalue weighted by Gasteiger charge is -2.07. The van der Waals surface area contributed by atoms with E-state index in [9.17, 15) is 0 Å². The van der Waals surface area contributed by atoms with Gasteiger partial charge >= 0.3 is 0 Å². The highest BCUT2D eigenvalue weighted by Gasteiger charge is 2.11. The van der Waals surface area contributed by atoms with Gasteiger partial charge in [0.25, 0.3) is 0 Å². The van der Waals surface area contributed by atoms with Gasteiger partial charge in [-0.3, -0.25) is 0 Å². The summed E-state index contributed by atoms with van der Waals surface area (Å²) in [5.74, 6) is 1.51. The lowest BCUT2D eigenvalue weighted by molar-refractivity contribution is 0.996. The van der Waals surface area contributed by atoms with Gasteiger partial charge in [-0.25, -0.2) is 4.98 Å². The summed E-state index contributed by atoms with van der Waals surface area (Å²) in [5.41, 5.74) is 7.86. The van der Waals surface area contributed by atoms with Gasteiger partial charge in [0.05, 0.1) is 0 Å². The molecule has 2 aliphatic rings. The van der Waals surface area contributed by atoms with Gasteiger partial charge in [0, 0.05) is 11.1 Å². The van der Waals surface area contributed by atoms with Gasteiger partial charge in [-0.05, 0) is 12.8 Å². The van der Waals surface area contributed by atoms with Crippen molar-refractivity contribution in [3.05, 3.63) is 72.4 Å². The van der Waals surface area contributed by atoms with Crippen LogP contribution in [0.4, 0.5) is 5.95 Å². The molecule has 3 rings (SSSR count). The number of allylic oxidation sites excluding steroid dienone is 12. The van der Waals surface area contributed by atoms with E-state index in [1.165, 1.54) is 0 Å². The van der Waals surface area contributed by atoms with E-state index in [1.807, 2.05) is 42.5 Å². The summed E-state index contributed by atoms with van der Waals surface area (Å²) in [7, 11) is 0. The maximum atomic E-state index is 5.86. The fourth-order valence-electron chi connectivity index (χ4n) is 2.15. The van der Waals surface area contributed by atoms with Crippen LogP contribution in [0.3, 0.4) is 0 Å². The lowest BCUT2D eigenvalue weighted by atomic mass is 10.1. The summed E-state index contributed by atoms with van der Waals surface area (Å²) >= 11 is 0. The Hall–Kier alpha value is -2.75. The Bertz CT molecular complexity index is 718. The standard InChI is InChI=1S/C17H16N4/c18-17-20-15(13-9-5-1-2-6-10-13)19-16(21-17)14-11-7-3-4-8-12-14/h1-7,9,11-12H,8,10H2,(H2,18,19,20,21). The van der Waals surface area contributed by atoms with E-state index in [4.69, 9.17) is 5.73 Å². The molecule has 0 bridgehead atoms. The normalized spacial score (nSPS) is 17.1. The molecule has 0 spiro atoms. The summed E-state index contributed by atoms with van der Waals surface area (Å²) < 4.78 is 0. The van der Waals surface area contributed by atoms with Crippen molar-refractivity contribution < 1.29 is 0 Å². The van der Waals surface area contributed by atoms with Crippen molar-refractivity contribution in [2.24, 2.45) is 0 Å². The lowest BCUT2D eigenvalue weighted by Crippen LogP contribution is -2.06. The van der Waals surface area contributed by atoms with Crippen molar-refractivity contribution in [3.8, 4) is 0 Å². The Balaban J connectivity index is 2.00. The molecular formula is C17H16N4. The number of nitrogens with zero attached hydrogens (tertiary/aromatic N) is 3. The topological polar surface area (TPSA) is 64.7 Å². The first kappa shape index (κ1) is 13.2. The molecule has 1 aromatic rings. The number of hydrogen-bond donors (Lipinski definition) is 1. The molecule has 104 valence electrons. The Morgan fingerprint density at radius 3 is 2.67 bits per heavy atom. The summed E-state index contributed by atoms with van der Waals surface area (Å²) in [5, 5.41) is 0. The molecule has 0 aliphatic heterocycles. The first-order chi connectivity index (χ1) is 10.3. The Morgan fingerprint density at radius 2 is 1.71 bits per heavy atom. The van der Waals surface area contributed by atoms with Crippen LogP contribution in [0, 0.1) is 0 Å². The maximum Gasteiger partial charge on any atom is 0.224 e. The van der Waals surface area contributed by atoms with Crippen LogP contribution in [0.2, 0.25) is 0 Å². The second-order valence-corrected chi connectivity index (χ2v) is 4.73. The van der Waals surface area contributed by atoms with Crippen molar-refractivity contribution in [2.75, 3.05) is 5.73 Å². The first-order valence-electron chi connectivity index (χ1n) is 6.91. The largest absolute Gasteiger partial charge is 0.368 e. The molecule has 0 atom stereocenters. The van der Waals surface area contributed by atoms with Crippen molar-refractivity contribution in [2.45, 2.75) is 12.8 Å². The zero-order valence-corrected chi connectivity index (χ0v) is 11.6. The van der Waals surface area contributed by atoms with Gasteiger partial charge in [-0.15, -0.1) is 0 Å². The SMILES string of the molecule is Nc1nc(C2=CCC=CC=C2)nc(C2=CC=CC=CC2)n1. The van der Waals surface area contributed by atoms with E-state index in [2.05, 4.69) is 33.2 Å². The predicted molar refractivity (Wildman–Crippen MR) is 86.0 cm³/mol. The zero-order valence-electron chi connectivity index (χ0n) is 11.6. The van der Waals surface area contributed by atoms with Crippen molar-refractivity contribution in [3.63, 3.8) is 0 Å². The van der Waals surface area contributed by atoms with Crippen LogP contribution in [-0.2, 0) is 0 Å². The molecule has 0 saturated heterocycles. The molecule has 2 N–H and O–H groups in total. The number of nitrogens with two attached hydrogens (primary N) is 1. The molecule has 1 heterocycles. The fraction of sp³-hybridized carbons (Fsp3) is 0.118. The molecule has 2 aliphatic carbocycles. The van der Waals surface area contributed by atoms with Crippen molar-refractivity contribution >= 4 is 17.1 Å². The monoisotopic (exact) mass is 276 g/mol. The maximum absolute atomic E-state index is 5.86. The molecule has 0 radical (unpaired) electrons. The van der Waals surface area contributed by atoms with E-state index >= 15 is 0 Å². The summed E-state index contributed by atoms with van der Waals surface area (Å²) in [6, 6.07) is 0. The van der Waals surface area contributed by atoms with E-state index < -0.39 is 0 Å². The average Bonchev–Trinajstić information content (AvgIpc) is 2.92. The molecule has 0 saturated carbocycles. The van der Waals surface area contributed by atoms with Crippen LogP contribution < -0.4 is 5.73 Å². The average molecular weight is 276 g/mol. The first-order valence-corrected chi connectivity index (χ1v) is 6.91. The highest BCUT2D eigenvalue weighted by molar-refractivity contribution is 5.72. The van der Waals surface area contributed by atoms with Crippen LogP contribution in [0.25, 0.3) is 11.1 Å².